The summed E-state index contributed by atoms with van der Waals surface area (Å²) in [7, 11) is 1.60. The van der Waals surface area contributed by atoms with Gasteiger partial charge < -0.3 is 25.6 Å². The second kappa shape index (κ2) is 11.7. The second-order valence-electron chi connectivity index (χ2n) is 8.61. The van der Waals surface area contributed by atoms with Gasteiger partial charge in [0.1, 0.15) is 11.6 Å². The van der Waals surface area contributed by atoms with Gasteiger partial charge in [-0.05, 0) is 54.4 Å². The van der Waals surface area contributed by atoms with E-state index in [2.05, 4.69) is 30.8 Å². The molecule has 4 rings (SSSR count). The Morgan fingerprint density at radius 3 is 2.53 bits per heavy atom. The fraction of sp³-hybridized carbons (Fsp3) is 0.308. The average Bonchev–Trinajstić information content (AvgIpc) is 2.89. The first-order chi connectivity index (χ1) is 17.4. The molecule has 2 aromatic heterocycles. The van der Waals surface area contributed by atoms with Crippen LogP contribution in [0.2, 0.25) is 5.02 Å². The fourth-order valence-electron chi connectivity index (χ4n) is 4.17. The van der Waals surface area contributed by atoms with E-state index in [1.54, 1.807) is 43.8 Å². The lowest BCUT2D eigenvalue weighted by atomic mass is 9.88. The molecule has 188 valence electrons. The van der Waals surface area contributed by atoms with Crippen molar-refractivity contribution in [3.63, 3.8) is 0 Å². The third-order valence-corrected chi connectivity index (χ3v) is 6.33. The van der Waals surface area contributed by atoms with Gasteiger partial charge in [-0.3, -0.25) is 9.78 Å². The van der Waals surface area contributed by atoms with E-state index in [1.807, 2.05) is 24.3 Å². The minimum Gasteiger partial charge on any atom is -0.495 e. The monoisotopic (exact) mass is 508 g/mol. The molecule has 3 heterocycles. The first kappa shape index (κ1) is 25.2. The Morgan fingerprint density at radius 2 is 1.89 bits per heavy atom. The summed E-state index contributed by atoms with van der Waals surface area (Å²) >= 11 is 5.94. The first-order valence-electron chi connectivity index (χ1n) is 11.7. The lowest BCUT2D eigenvalue weighted by Crippen LogP contribution is -2.51. The number of piperidine rings is 1. The molecule has 0 bridgehead atoms. The number of anilines is 2. The summed E-state index contributed by atoms with van der Waals surface area (Å²) in [5, 5.41) is 9.38. The number of hydrogen-bond donors (Lipinski definition) is 3. The van der Waals surface area contributed by atoms with Crippen molar-refractivity contribution in [1.29, 1.82) is 0 Å². The maximum atomic E-state index is 12.8. The lowest BCUT2D eigenvalue weighted by Gasteiger charge is -2.39. The van der Waals surface area contributed by atoms with Gasteiger partial charge in [0, 0.05) is 61.1 Å². The zero-order valence-corrected chi connectivity index (χ0v) is 21.0. The standard InChI is InChI=1S/C26H29ClN6O3/c1-17(34)28-13-18-3-10-25(30-14-18)33-12-11-24(22(16-33)23-9-8-21(36-2)15-29-23)32-26(35)31-20-6-4-19(27)5-7-20/h3-10,14-15,22,24H,11-13,16H2,1-2H3,(H,28,34)(H2,31,32,35). The number of carbonyl (C=O) groups excluding carboxylic acids is 2. The van der Waals surface area contributed by atoms with Gasteiger partial charge in [0.05, 0.1) is 13.3 Å². The predicted octanol–water partition coefficient (Wildman–Crippen LogP) is 3.96. The lowest BCUT2D eigenvalue weighted by molar-refractivity contribution is -0.119. The molecule has 1 aromatic carbocycles. The Bertz CT molecular complexity index is 1170. The molecule has 1 fully saturated rings. The van der Waals surface area contributed by atoms with E-state index in [0.29, 0.717) is 36.0 Å². The molecule has 2 atom stereocenters. The van der Waals surface area contributed by atoms with E-state index < -0.39 is 0 Å². The maximum Gasteiger partial charge on any atom is 0.319 e. The van der Waals surface area contributed by atoms with Crippen LogP contribution >= 0.6 is 11.6 Å². The Hall–Kier alpha value is -3.85. The van der Waals surface area contributed by atoms with E-state index in [0.717, 1.165) is 23.6 Å². The SMILES string of the molecule is COc1ccc(C2CN(c3ccc(CNC(C)=O)cn3)CCC2NC(=O)Nc2ccc(Cl)cc2)nc1. The minimum absolute atomic E-state index is 0.0681. The van der Waals surface area contributed by atoms with Gasteiger partial charge in [0.15, 0.2) is 0 Å². The second-order valence-corrected chi connectivity index (χ2v) is 9.05. The average molecular weight is 509 g/mol. The van der Waals surface area contributed by atoms with Crippen molar-refractivity contribution in [2.75, 3.05) is 30.4 Å². The molecule has 1 aliphatic rings. The molecule has 10 heteroatoms. The number of hydrogen-bond acceptors (Lipinski definition) is 6. The number of nitrogens with one attached hydrogen (secondary N) is 3. The van der Waals surface area contributed by atoms with E-state index >= 15 is 0 Å². The summed E-state index contributed by atoms with van der Waals surface area (Å²) in [6, 6.07) is 14.3. The molecule has 9 nitrogen and oxygen atoms in total. The Balaban J connectivity index is 1.48. The van der Waals surface area contributed by atoms with E-state index in [9.17, 15) is 9.59 Å². The summed E-state index contributed by atoms with van der Waals surface area (Å²) in [6.07, 6.45) is 4.17. The number of amides is 3. The molecular formula is C26H29ClN6O3. The van der Waals surface area contributed by atoms with Gasteiger partial charge in [-0.25, -0.2) is 9.78 Å². The van der Waals surface area contributed by atoms with Crippen LogP contribution in [0.5, 0.6) is 5.75 Å². The number of nitrogens with zero attached hydrogens (tertiary/aromatic N) is 3. The quantitative estimate of drug-likeness (QED) is 0.446. The fourth-order valence-corrected chi connectivity index (χ4v) is 4.29. The summed E-state index contributed by atoms with van der Waals surface area (Å²) < 4.78 is 5.26. The summed E-state index contributed by atoms with van der Waals surface area (Å²) in [5.74, 6) is 1.36. The highest BCUT2D eigenvalue weighted by Gasteiger charge is 2.33. The van der Waals surface area contributed by atoms with Gasteiger partial charge in [0.25, 0.3) is 0 Å². The molecule has 36 heavy (non-hydrogen) atoms. The topological polar surface area (TPSA) is 108 Å². The Labute approximate surface area is 215 Å². The normalized spacial score (nSPS) is 17.2. The highest BCUT2D eigenvalue weighted by Crippen LogP contribution is 2.30. The Morgan fingerprint density at radius 1 is 1.08 bits per heavy atom. The molecule has 1 aliphatic heterocycles. The van der Waals surface area contributed by atoms with Crippen LogP contribution in [0.1, 0.15) is 30.5 Å². The zero-order valence-electron chi connectivity index (χ0n) is 20.2. The van der Waals surface area contributed by atoms with Crippen LogP contribution in [-0.2, 0) is 11.3 Å². The summed E-state index contributed by atoms with van der Waals surface area (Å²) in [6.45, 7) is 3.28. The summed E-state index contributed by atoms with van der Waals surface area (Å²) in [5.41, 5.74) is 2.45. The van der Waals surface area contributed by atoms with Crippen LogP contribution < -0.4 is 25.6 Å². The largest absolute Gasteiger partial charge is 0.495 e. The van der Waals surface area contributed by atoms with Gasteiger partial charge in [0.2, 0.25) is 5.91 Å². The van der Waals surface area contributed by atoms with Crippen molar-refractivity contribution < 1.29 is 14.3 Å². The van der Waals surface area contributed by atoms with Crippen LogP contribution in [-0.4, -0.2) is 48.1 Å². The Kier molecular flexibility index (Phi) is 8.22. The van der Waals surface area contributed by atoms with Gasteiger partial charge in [-0.2, -0.15) is 0 Å². The van der Waals surface area contributed by atoms with E-state index in [4.69, 9.17) is 16.3 Å². The van der Waals surface area contributed by atoms with Crippen molar-refractivity contribution in [3.05, 3.63) is 77.2 Å². The number of aromatic nitrogens is 2. The van der Waals surface area contributed by atoms with Crippen molar-refractivity contribution in [3.8, 4) is 5.75 Å². The molecule has 3 aromatic rings. The van der Waals surface area contributed by atoms with Gasteiger partial charge >= 0.3 is 6.03 Å². The van der Waals surface area contributed by atoms with Crippen molar-refractivity contribution in [2.45, 2.75) is 31.8 Å². The molecule has 2 unspecified atom stereocenters. The van der Waals surface area contributed by atoms with Crippen LogP contribution in [0.3, 0.4) is 0 Å². The van der Waals surface area contributed by atoms with Crippen molar-refractivity contribution >= 4 is 35.0 Å². The van der Waals surface area contributed by atoms with Crippen LogP contribution in [0.25, 0.3) is 0 Å². The van der Waals surface area contributed by atoms with Crippen LogP contribution in [0.15, 0.2) is 60.9 Å². The molecule has 0 saturated carbocycles. The third kappa shape index (κ3) is 6.63. The van der Waals surface area contributed by atoms with E-state index in [1.165, 1.54) is 6.92 Å². The molecule has 3 amide bonds. The zero-order chi connectivity index (χ0) is 25.5. The number of pyridine rings is 2. The van der Waals surface area contributed by atoms with Crippen molar-refractivity contribution in [1.82, 2.24) is 20.6 Å². The molecule has 3 N–H and O–H groups in total. The van der Waals surface area contributed by atoms with Crippen LogP contribution in [0, 0.1) is 0 Å². The van der Waals surface area contributed by atoms with Crippen LogP contribution in [0.4, 0.5) is 16.3 Å². The van der Waals surface area contributed by atoms with Gasteiger partial charge in [-0.1, -0.05) is 17.7 Å². The minimum atomic E-state index is -0.283. The van der Waals surface area contributed by atoms with Crippen molar-refractivity contribution in [2.24, 2.45) is 0 Å². The molecule has 1 saturated heterocycles. The predicted molar refractivity (Wildman–Crippen MR) is 140 cm³/mol. The first-order valence-corrected chi connectivity index (χ1v) is 12.1. The number of carbonyl (C=O) groups is 2. The number of ether oxygens (including phenoxy) is 1. The third-order valence-electron chi connectivity index (χ3n) is 6.08. The molecule has 0 aliphatic carbocycles. The van der Waals surface area contributed by atoms with Gasteiger partial charge in [-0.15, -0.1) is 0 Å². The highest BCUT2D eigenvalue weighted by molar-refractivity contribution is 6.30. The number of methoxy groups -OCH3 is 1. The smallest absolute Gasteiger partial charge is 0.319 e. The molecule has 0 radical (unpaired) electrons. The number of benzene rings is 1. The summed E-state index contributed by atoms with van der Waals surface area (Å²) in [4.78, 5) is 35.4. The number of rotatable bonds is 7. The maximum absolute atomic E-state index is 12.8. The number of urea groups is 1. The molecule has 0 spiro atoms. The molecular weight excluding hydrogens is 480 g/mol. The van der Waals surface area contributed by atoms with E-state index in [-0.39, 0.29) is 23.9 Å². The number of halogens is 1. The highest BCUT2D eigenvalue weighted by atomic mass is 35.5.